The van der Waals surface area contributed by atoms with Crippen LogP contribution >= 0.6 is 0 Å². The maximum atomic E-state index is 14.8. The van der Waals surface area contributed by atoms with E-state index in [0.29, 0.717) is 25.2 Å². The Morgan fingerprint density at radius 2 is 1.71 bits per heavy atom. The van der Waals surface area contributed by atoms with Crippen LogP contribution in [0.3, 0.4) is 0 Å². The molecule has 4 unspecified atom stereocenters. The minimum Gasteiger partial charge on any atom is -0.207 e. The first kappa shape index (κ1) is 17.7. The Hall–Kier alpha value is -1.13. The summed E-state index contributed by atoms with van der Waals surface area (Å²) >= 11 is 0. The minimum atomic E-state index is -2.84. The zero-order valence-corrected chi connectivity index (χ0v) is 13.8. The average molecular weight is 346 g/mol. The van der Waals surface area contributed by atoms with E-state index in [2.05, 4.69) is 6.92 Å². The molecule has 0 bridgehead atoms. The Morgan fingerprint density at radius 1 is 1.04 bits per heavy atom. The number of fused-ring (bicyclic) bond motifs is 1. The summed E-state index contributed by atoms with van der Waals surface area (Å²) in [7, 11) is 0. The fraction of sp³-hybridized carbons (Fsp3) is 0.684. The Balaban J connectivity index is 1.81. The van der Waals surface area contributed by atoms with Crippen LogP contribution in [0.25, 0.3) is 0 Å². The van der Waals surface area contributed by atoms with Crippen molar-refractivity contribution in [2.24, 2.45) is 17.8 Å². The summed E-state index contributed by atoms with van der Waals surface area (Å²) in [6.45, 7) is 2.07. The molecule has 0 spiro atoms. The normalized spacial score (nSPS) is 32.4. The van der Waals surface area contributed by atoms with E-state index in [1.165, 1.54) is 0 Å². The van der Waals surface area contributed by atoms with Gasteiger partial charge in [0.2, 0.25) is 0 Å². The maximum absolute atomic E-state index is 14.8. The van der Waals surface area contributed by atoms with Crippen LogP contribution in [0.5, 0.6) is 0 Å². The van der Waals surface area contributed by atoms with E-state index in [1.54, 1.807) is 0 Å². The van der Waals surface area contributed by atoms with Crippen molar-refractivity contribution < 1.29 is 22.0 Å². The predicted molar refractivity (Wildman–Crippen MR) is 82.5 cm³/mol. The summed E-state index contributed by atoms with van der Waals surface area (Å²) in [5, 5.41) is 0. The van der Waals surface area contributed by atoms with Crippen LogP contribution in [0.4, 0.5) is 22.0 Å². The van der Waals surface area contributed by atoms with E-state index in [1.807, 2.05) is 0 Å². The molecule has 2 aliphatic rings. The molecule has 0 saturated heterocycles. The first-order valence-electron chi connectivity index (χ1n) is 8.84. The van der Waals surface area contributed by atoms with Gasteiger partial charge in [0, 0.05) is 12.3 Å². The Labute approximate surface area is 139 Å². The highest BCUT2D eigenvalue weighted by atomic mass is 19.3. The van der Waals surface area contributed by atoms with Crippen molar-refractivity contribution in [1.82, 2.24) is 0 Å². The van der Waals surface area contributed by atoms with Crippen LogP contribution in [0.1, 0.15) is 63.4 Å². The molecule has 0 amide bonds. The van der Waals surface area contributed by atoms with Gasteiger partial charge in [0.1, 0.15) is 0 Å². The molecule has 2 saturated carbocycles. The van der Waals surface area contributed by atoms with Crippen LogP contribution in [0.15, 0.2) is 12.1 Å². The number of benzene rings is 1. The topological polar surface area (TPSA) is 0 Å². The van der Waals surface area contributed by atoms with Gasteiger partial charge in [-0.15, -0.1) is 0 Å². The molecule has 2 aliphatic carbocycles. The molecule has 24 heavy (non-hydrogen) atoms. The van der Waals surface area contributed by atoms with Crippen LogP contribution < -0.4 is 0 Å². The SMILES string of the molecule is CCCC1CC2CCC(c3cc(F)c(F)c(F)c3)CC(F)(F)C2C1. The monoisotopic (exact) mass is 346 g/mol. The van der Waals surface area contributed by atoms with E-state index in [0.717, 1.165) is 31.4 Å². The summed E-state index contributed by atoms with van der Waals surface area (Å²) in [6, 6.07) is 1.75. The second-order valence-corrected chi connectivity index (χ2v) is 7.53. The summed E-state index contributed by atoms with van der Waals surface area (Å²) in [6.07, 6.45) is 4.08. The quantitative estimate of drug-likeness (QED) is 0.436. The lowest BCUT2D eigenvalue weighted by Crippen LogP contribution is -2.30. The van der Waals surface area contributed by atoms with Crippen LogP contribution in [0, 0.1) is 35.2 Å². The summed E-state index contributed by atoms with van der Waals surface area (Å²) in [5.74, 6) is -7.89. The molecular weight excluding hydrogens is 323 g/mol. The van der Waals surface area contributed by atoms with Gasteiger partial charge < -0.3 is 0 Å². The molecule has 2 fully saturated rings. The summed E-state index contributed by atoms with van der Waals surface area (Å²) < 4.78 is 69.6. The first-order chi connectivity index (χ1) is 11.3. The highest BCUT2D eigenvalue weighted by Crippen LogP contribution is 2.54. The van der Waals surface area contributed by atoms with Gasteiger partial charge >= 0.3 is 0 Å². The fourth-order valence-electron chi connectivity index (χ4n) is 4.81. The first-order valence-corrected chi connectivity index (χ1v) is 8.84. The smallest absolute Gasteiger partial charge is 0.207 e. The molecule has 5 heteroatoms. The van der Waals surface area contributed by atoms with Crippen molar-refractivity contribution >= 4 is 0 Å². The van der Waals surface area contributed by atoms with Crippen LogP contribution in [-0.4, -0.2) is 5.92 Å². The predicted octanol–water partition coefficient (Wildman–Crippen LogP) is 6.45. The van der Waals surface area contributed by atoms with Crippen molar-refractivity contribution in [3.05, 3.63) is 35.1 Å². The van der Waals surface area contributed by atoms with Crippen LogP contribution in [0.2, 0.25) is 0 Å². The van der Waals surface area contributed by atoms with Gasteiger partial charge in [-0.05, 0) is 61.1 Å². The van der Waals surface area contributed by atoms with E-state index in [-0.39, 0.29) is 11.5 Å². The zero-order valence-electron chi connectivity index (χ0n) is 13.8. The molecule has 3 rings (SSSR count). The minimum absolute atomic E-state index is 0.0170. The molecule has 4 atom stereocenters. The zero-order chi connectivity index (χ0) is 17.5. The molecule has 0 radical (unpaired) electrons. The number of alkyl halides is 2. The number of rotatable bonds is 3. The van der Waals surface area contributed by atoms with E-state index in [4.69, 9.17) is 0 Å². The second kappa shape index (κ2) is 6.64. The van der Waals surface area contributed by atoms with Gasteiger partial charge in [0.05, 0.1) is 0 Å². The number of halogens is 5. The Morgan fingerprint density at radius 3 is 2.33 bits per heavy atom. The molecular formula is C19H23F5. The lowest BCUT2D eigenvalue weighted by Gasteiger charge is -2.27. The summed E-state index contributed by atoms with van der Waals surface area (Å²) in [4.78, 5) is 0. The Bertz CT molecular complexity index is 574. The molecule has 0 nitrogen and oxygen atoms in total. The second-order valence-electron chi connectivity index (χ2n) is 7.53. The molecule has 1 aromatic carbocycles. The third kappa shape index (κ3) is 3.31. The van der Waals surface area contributed by atoms with E-state index >= 15 is 0 Å². The van der Waals surface area contributed by atoms with Crippen molar-refractivity contribution in [3.63, 3.8) is 0 Å². The average Bonchev–Trinajstić information content (AvgIpc) is 2.88. The van der Waals surface area contributed by atoms with Gasteiger partial charge in [-0.1, -0.05) is 19.8 Å². The van der Waals surface area contributed by atoms with Gasteiger partial charge in [0.15, 0.2) is 17.5 Å². The molecule has 0 N–H and O–H groups in total. The highest BCUT2D eigenvalue weighted by Gasteiger charge is 2.51. The molecule has 134 valence electrons. The van der Waals surface area contributed by atoms with Crippen molar-refractivity contribution in [3.8, 4) is 0 Å². The van der Waals surface area contributed by atoms with E-state index < -0.39 is 41.6 Å². The Kier molecular flexibility index (Phi) is 4.89. The third-order valence-electron chi connectivity index (χ3n) is 5.91. The van der Waals surface area contributed by atoms with E-state index in [9.17, 15) is 22.0 Å². The largest absolute Gasteiger partial charge is 0.251 e. The molecule has 0 aromatic heterocycles. The fourth-order valence-corrected chi connectivity index (χ4v) is 4.81. The molecule has 0 aliphatic heterocycles. The third-order valence-corrected chi connectivity index (χ3v) is 5.91. The van der Waals surface area contributed by atoms with Crippen LogP contribution in [-0.2, 0) is 0 Å². The lowest BCUT2D eigenvalue weighted by atomic mass is 9.87. The molecule has 1 aromatic rings. The van der Waals surface area contributed by atoms with Gasteiger partial charge in [-0.25, -0.2) is 22.0 Å². The standard InChI is InChI=1S/C19H23F5/c1-2-3-11-6-12-4-5-13(10-19(23,24)15(12)7-11)14-8-16(20)18(22)17(21)9-14/h8-9,11-13,15H,2-7,10H2,1H3. The highest BCUT2D eigenvalue weighted by molar-refractivity contribution is 5.24. The van der Waals surface area contributed by atoms with Gasteiger partial charge in [-0.2, -0.15) is 0 Å². The maximum Gasteiger partial charge on any atom is 0.251 e. The lowest BCUT2D eigenvalue weighted by molar-refractivity contribution is -0.0764. The van der Waals surface area contributed by atoms with Crippen molar-refractivity contribution in [2.45, 2.75) is 63.7 Å². The van der Waals surface area contributed by atoms with Crippen molar-refractivity contribution in [1.29, 1.82) is 0 Å². The van der Waals surface area contributed by atoms with Gasteiger partial charge in [-0.3, -0.25) is 0 Å². The number of hydrogen-bond donors (Lipinski definition) is 0. The van der Waals surface area contributed by atoms with Crippen molar-refractivity contribution in [2.75, 3.05) is 0 Å². The molecule has 0 heterocycles. The number of hydrogen-bond acceptors (Lipinski definition) is 0. The summed E-state index contributed by atoms with van der Waals surface area (Å²) in [5.41, 5.74) is 0.149. The van der Waals surface area contributed by atoms with Gasteiger partial charge in [0.25, 0.3) is 5.92 Å².